The van der Waals surface area contributed by atoms with Crippen LogP contribution in [0.4, 0.5) is 0 Å². The van der Waals surface area contributed by atoms with Crippen LogP contribution in [0.5, 0.6) is 0 Å². The molecule has 0 saturated heterocycles. The zero-order chi connectivity index (χ0) is 55.8. The van der Waals surface area contributed by atoms with E-state index in [4.69, 9.17) is 34.2 Å². The van der Waals surface area contributed by atoms with Gasteiger partial charge in [-0.1, -0.05) is 117 Å². The minimum absolute atomic E-state index is 0.0170. The lowest BCUT2D eigenvalue weighted by Crippen LogP contribution is -2.48. The number of primary amides is 1. The molecule has 0 aliphatic carbocycles. The number of ether oxygens (including phenoxy) is 6. The lowest BCUT2D eigenvalue weighted by atomic mass is 10.1. The van der Waals surface area contributed by atoms with Crippen molar-refractivity contribution in [2.45, 2.75) is 193 Å². The van der Waals surface area contributed by atoms with Gasteiger partial charge in [0.05, 0.1) is 65.5 Å². The molecule has 0 bridgehead atoms. The highest BCUT2D eigenvalue weighted by atomic mass is 16.5. The number of carbonyl (C=O) groups excluding carboxylic acids is 7. The van der Waals surface area contributed by atoms with Gasteiger partial charge in [-0.3, -0.25) is 33.6 Å². The largest absolute Gasteiger partial charge is 0.377 e. The number of amides is 7. The number of nitrogens with one attached hydrogen (secondary N) is 7. The summed E-state index contributed by atoms with van der Waals surface area (Å²) in [7, 11) is 1.68. The van der Waals surface area contributed by atoms with Crippen molar-refractivity contribution in [3.63, 3.8) is 0 Å². The molecule has 0 spiro atoms. The van der Waals surface area contributed by atoms with Gasteiger partial charge < -0.3 is 71.4 Å². The molecule has 2 unspecified atom stereocenters. The Morgan fingerprint density at radius 1 is 0.355 bits per heavy atom. The van der Waals surface area contributed by atoms with Crippen molar-refractivity contribution in [3.05, 3.63) is 0 Å². The molecule has 2 atom stereocenters. The summed E-state index contributed by atoms with van der Waals surface area (Å²) < 4.78 is 32.9. The molecule has 0 saturated carbocycles. The summed E-state index contributed by atoms with van der Waals surface area (Å²) in [6, 6.07) is -1.26. The number of unbranched alkanes of at least 4 members (excludes halogenated alkanes) is 18. The Hall–Kier alpha value is -3.99. The van der Waals surface area contributed by atoms with E-state index in [9.17, 15) is 33.6 Å². The van der Waals surface area contributed by atoms with Crippen LogP contribution < -0.4 is 43.0 Å². The molecule has 0 aliphatic heterocycles. The average molecular weight is 1090 g/mol. The Bertz CT molecular complexity index is 1450. The van der Waals surface area contributed by atoms with Gasteiger partial charge in [-0.2, -0.15) is 0 Å². The summed E-state index contributed by atoms with van der Waals surface area (Å²) in [6.07, 6.45) is 26.1. The Morgan fingerprint density at radius 2 is 0.697 bits per heavy atom. The maximum atomic E-state index is 13.2. The SMILES string of the molecule is CCCCCCCCCCCC(=O)NCCOCCOCC(=O)NCCCCC(NC(=O)COCCOCCNC(=O)CCCCCCCCCCC)C(=O)NCCOCCOCC(=O)NCCCCC(NC)C(N)=O. The number of hydrogen-bond acceptors (Lipinski definition) is 14. The van der Waals surface area contributed by atoms with Crippen molar-refractivity contribution in [1.82, 2.24) is 37.2 Å². The van der Waals surface area contributed by atoms with Crippen LogP contribution in [-0.2, 0) is 62.0 Å². The third-order valence-electron chi connectivity index (χ3n) is 12.3. The molecule has 0 aliphatic rings. The highest BCUT2D eigenvalue weighted by Gasteiger charge is 2.20. The van der Waals surface area contributed by atoms with Gasteiger partial charge in [0.1, 0.15) is 25.9 Å². The summed E-state index contributed by atoms with van der Waals surface area (Å²) in [5.41, 5.74) is 5.32. The van der Waals surface area contributed by atoms with E-state index in [-0.39, 0.29) is 89.6 Å². The third-order valence-corrected chi connectivity index (χ3v) is 12.3. The molecule has 21 heteroatoms. The lowest BCUT2D eigenvalue weighted by Gasteiger charge is -2.19. The average Bonchev–Trinajstić information content (AvgIpc) is 3.40. The Morgan fingerprint density at radius 3 is 1.09 bits per heavy atom. The molecular formula is C55H106N8O13. The fourth-order valence-corrected chi connectivity index (χ4v) is 7.86. The van der Waals surface area contributed by atoms with Crippen molar-refractivity contribution in [2.75, 3.05) is 119 Å². The molecule has 0 fully saturated rings. The van der Waals surface area contributed by atoms with Crippen LogP contribution in [0.2, 0.25) is 0 Å². The van der Waals surface area contributed by atoms with E-state index in [2.05, 4.69) is 51.1 Å². The molecule has 0 radical (unpaired) electrons. The highest BCUT2D eigenvalue weighted by molar-refractivity contribution is 5.88. The maximum Gasteiger partial charge on any atom is 0.246 e. The first-order valence-electron chi connectivity index (χ1n) is 29.1. The Balaban J connectivity index is 4.46. The standard InChI is InChI=1S/C55H106N8O13/c1-4-6-8-10-12-14-16-18-20-28-49(64)60-32-35-71-38-41-74-45-52(67)59-31-25-23-27-48(55(70)62-34-37-73-39-42-75-44-51(66)58-30-24-22-26-47(57-3)54(56)69)63-53(68)46-76-43-40-72-36-33-61-50(65)29-21-19-17-15-13-11-9-7-5-2/h47-48,57H,4-46H2,1-3H3,(H2,56,69)(H,58,66)(H,59,67)(H,60,64)(H,61,65)(H,62,70)(H,63,68). The second kappa shape index (κ2) is 55.8. The molecule has 76 heavy (non-hydrogen) atoms. The molecule has 444 valence electrons. The minimum atomic E-state index is -0.867. The summed E-state index contributed by atoms with van der Waals surface area (Å²) in [4.78, 5) is 85.9. The molecule has 21 nitrogen and oxygen atoms in total. The number of nitrogens with two attached hydrogens (primary N) is 1. The first-order valence-corrected chi connectivity index (χ1v) is 29.1. The zero-order valence-electron chi connectivity index (χ0n) is 47.4. The van der Waals surface area contributed by atoms with Crippen LogP contribution in [-0.4, -0.2) is 172 Å². The minimum Gasteiger partial charge on any atom is -0.377 e. The van der Waals surface area contributed by atoms with Gasteiger partial charge in [-0.15, -0.1) is 0 Å². The molecular weight excluding hydrogens is 981 g/mol. The van der Waals surface area contributed by atoms with E-state index in [0.29, 0.717) is 90.9 Å². The second-order valence-electron chi connectivity index (χ2n) is 19.2. The lowest BCUT2D eigenvalue weighted by molar-refractivity contribution is -0.132. The first-order chi connectivity index (χ1) is 37.0. The smallest absolute Gasteiger partial charge is 0.246 e. The van der Waals surface area contributed by atoms with Crippen LogP contribution in [0.25, 0.3) is 0 Å². The molecule has 9 N–H and O–H groups in total. The summed E-state index contributed by atoms with van der Waals surface area (Å²) in [5.74, 6) is -1.79. The summed E-state index contributed by atoms with van der Waals surface area (Å²) in [5, 5.41) is 19.7. The first kappa shape index (κ1) is 72.0. The van der Waals surface area contributed by atoms with E-state index in [0.717, 1.165) is 32.1 Å². The predicted molar refractivity (Wildman–Crippen MR) is 295 cm³/mol. The van der Waals surface area contributed by atoms with Gasteiger partial charge in [0.25, 0.3) is 0 Å². The quantitative estimate of drug-likeness (QED) is 0.0392. The molecule has 0 aromatic rings. The van der Waals surface area contributed by atoms with Gasteiger partial charge in [0.2, 0.25) is 41.4 Å². The van der Waals surface area contributed by atoms with E-state index < -0.39 is 29.8 Å². The predicted octanol–water partition coefficient (Wildman–Crippen LogP) is 4.41. The molecule has 0 rings (SSSR count). The molecule has 0 heterocycles. The van der Waals surface area contributed by atoms with Crippen LogP contribution in [0.1, 0.15) is 181 Å². The van der Waals surface area contributed by atoms with Crippen molar-refractivity contribution in [1.29, 1.82) is 0 Å². The van der Waals surface area contributed by atoms with Crippen molar-refractivity contribution < 1.29 is 62.0 Å². The van der Waals surface area contributed by atoms with Crippen LogP contribution >= 0.6 is 0 Å². The maximum absolute atomic E-state index is 13.2. The Labute approximate surface area is 456 Å². The Kier molecular flexibility index (Phi) is 52.8. The number of hydrogen-bond donors (Lipinski definition) is 8. The summed E-state index contributed by atoms with van der Waals surface area (Å²) in [6.45, 7) is 7.79. The molecule has 0 aromatic heterocycles. The number of likely N-dealkylation sites (N-methyl/N-ethyl adjacent to an activating group) is 1. The van der Waals surface area contributed by atoms with Crippen LogP contribution in [0.15, 0.2) is 0 Å². The van der Waals surface area contributed by atoms with E-state index in [1.807, 2.05) is 0 Å². The normalized spacial score (nSPS) is 11.9. The van der Waals surface area contributed by atoms with Gasteiger partial charge >= 0.3 is 0 Å². The van der Waals surface area contributed by atoms with Gasteiger partial charge in [0, 0.05) is 45.6 Å². The van der Waals surface area contributed by atoms with Crippen molar-refractivity contribution in [2.24, 2.45) is 5.73 Å². The monoisotopic (exact) mass is 1090 g/mol. The van der Waals surface area contributed by atoms with E-state index >= 15 is 0 Å². The fourth-order valence-electron chi connectivity index (χ4n) is 7.86. The van der Waals surface area contributed by atoms with Crippen molar-refractivity contribution >= 4 is 41.4 Å². The number of rotatable bonds is 58. The van der Waals surface area contributed by atoms with Crippen molar-refractivity contribution in [3.8, 4) is 0 Å². The third kappa shape index (κ3) is 50.8. The second-order valence-corrected chi connectivity index (χ2v) is 19.2. The molecule has 7 amide bonds. The number of carbonyl (C=O) groups is 7. The zero-order valence-corrected chi connectivity index (χ0v) is 47.4. The van der Waals surface area contributed by atoms with Gasteiger partial charge in [0.15, 0.2) is 0 Å². The van der Waals surface area contributed by atoms with Gasteiger partial charge in [-0.05, 0) is 58.4 Å². The molecule has 0 aromatic carbocycles. The van der Waals surface area contributed by atoms with E-state index in [1.165, 1.54) is 89.9 Å². The fraction of sp³-hybridized carbons (Fsp3) is 0.873. The van der Waals surface area contributed by atoms with Crippen LogP contribution in [0, 0.1) is 0 Å². The highest BCUT2D eigenvalue weighted by Crippen LogP contribution is 2.12. The van der Waals surface area contributed by atoms with E-state index in [1.54, 1.807) is 7.05 Å². The van der Waals surface area contributed by atoms with Crippen LogP contribution in [0.3, 0.4) is 0 Å². The topological polar surface area (TPSA) is 285 Å². The van der Waals surface area contributed by atoms with Gasteiger partial charge in [-0.25, -0.2) is 0 Å². The summed E-state index contributed by atoms with van der Waals surface area (Å²) >= 11 is 0.